The summed E-state index contributed by atoms with van der Waals surface area (Å²) in [4.78, 5) is 0. The second kappa shape index (κ2) is 9.60. The molecule has 5 saturated carbocycles. The van der Waals surface area contributed by atoms with Gasteiger partial charge in [0.05, 0.1) is 30.0 Å². The number of hydrogen-bond acceptors (Lipinski definition) is 8. The molecular weight excluding hydrogens is 550 g/mol. The van der Waals surface area contributed by atoms with Gasteiger partial charge in [0, 0.05) is 24.2 Å². The summed E-state index contributed by atoms with van der Waals surface area (Å²) in [6.45, 7) is 12.8. The molecule has 246 valence electrons. The van der Waals surface area contributed by atoms with Crippen molar-refractivity contribution in [2.24, 2.45) is 45.3 Å². The predicted octanol–water partition coefficient (Wildman–Crippen LogP) is 1.06. The molecule has 2 spiro atoms. The summed E-state index contributed by atoms with van der Waals surface area (Å²) in [5.74, 6) is 1.49. The van der Waals surface area contributed by atoms with E-state index in [-0.39, 0.29) is 46.3 Å². The standard InChI is InChI=1S/C34H57NO8/c1-17-12-18(27(40)29(2,3)41)35-19-13-30(4)21-8-9-22-32(6,43-28-26(39)25(38)20(36)15-42-28)10-7-11-33(22)16-34(21,33)23(37)14-31(30,5)24(17)19/h17-28,35-41H,7-16H2,1-6H3/p+1/t17?,18?,19?,20-,21+,22-,23+,24?,25+,26-,27+,28-,30+,31+,32+,33+,34+/m1/s1. The van der Waals surface area contributed by atoms with Crippen LogP contribution in [0.15, 0.2) is 0 Å². The number of nitrogens with two attached hydrogens (primary N) is 1. The molecule has 0 radical (unpaired) electrons. The smallest absolute Gasteiger partial charge is 0.186 e. The Kier molecular flexibility index (Phi) is 6.98. The summed E-state index contributed by atoms with van der Waals surface area (Å²) in [5.41, 5.74) is -1.78. The number of ether oxygens (including phenoxy) is 2. The summed E-state index contributed by atoms with van der Waals surface area (Å²) >= 11 is 0. The molecule has 7 rings (SSSR count). The van der Waals surface area contributed by atoms with E-state index in [1.165, 1.54) is 0 Å². The van der Waals surface area contributed by atoms with Crippen molar-refractivity contribution in [1.82, 2.24) is 0 Å². The largest absolute Gasteiger partial charge is 0.392 e. The van der Waals surface area contributed by atoms with Crippen LogP contribution >= 0.6 is 0 Å². The Hall–Kier alpha value is -0.360. The number of hydrogen-bond donors (Lipinski definition) is 7. The third kappa shape index (κ3) is 3.95. The minimum absolute atomic E-state index is 0.00429. The Morgan fingerprint density at radius 3 is 2.35 bits per heavy atom. The maximum absolute atomic E-state index is 12.3. The van der Waals surface area contributed by atoms with Crippen molar-refractivity contribution in [3.8, 4) is 0 Å². The Morgan fingerprint density at radius 1 is 0.953 bits per heavy atom. The molecule has 5 aliphatic carbocycles. The molecule has 0 aromatic heterocycles. The van der Waals surface area contributed by atoms with Gasteiger partial charge in [-0.3, -0.25) is 0 Å². The van der Waals surface area contributed by atoms with Gasteiger partial charge in [-0.15, -0.1) is 0 Å². The van der Waals surface area contributed by atoms with Gasteiger partial charge in [-0.1, -0.05) is 20.8 Å². The van der Waals surface area contributed by atoms with Crippen molar-refractivity contribution in [3.05, 3.63) is 0 Å². The van der Waals surface area contributed by atoms with Crippen LogP contribution in [-0.2, 0) is 9.47 Å². The monoisotopic (exact) mass is 608 g/mol. The molecule has 0 aromatic rings. The number of piperidine rings is 1. The predicted molar refractivity (Wildman–Crippen MR) is 157 cm³/mol. The lowest BCUT2D eigenvalue weighted by Gasteiger charge is -2.64. The maximum Gasteiger partial charge on any atom is 0.186 e. The molecule has 7 fully saturated rings. The van der Waals surface area contributed by atoms with Crippen molar-refractivity contribution in [2.75, 3.05) is 6.61 Å². The molecule has 7 aliphatic rings. The lowest BCUT2D eigenvalue weighted by Crippen LogP contribution is -3.01. The second-order valence-corrected chi connectivity index (χ2v) is 17.7. The first-order valence-electron chi connectivity index (χ1n) is 17.2. The topological polar surface area (TPSA) is 156 Å². The molecule has 2 aliphatic heterocycles. The third-order valence-corrected chi connectivity index (χ3v) is 15.3. The number of fused-ring (bicyclic) bond motifs is 4. The van der Waals surface area contributed by atoms with Gasteiger partial charge < -0.3 is 45.4 Å². The van der Waals surface area contributed by atoms with E-state index < -0.39 is 41.9 Å². The Morgan fingerprint density at radius 2 is 1.65 bits per heavy atom. The van der Waals surface area contributed by atoms with Crippen LogP contribution in [0.4, 0.5) is 0 Å². The molecule has 8 N–H and O–H groups in total. The lowest BCUT2D eigenvalue weighted by atomic mass is 9.42. The van der Waals surface area contributed by atoms with Gasteiger partial charge in [0.15, 0.2) is 6.29 Å². The third-order valence-electron chi connectivity index (χ3n) is 15.3. The van der Waals surface area contributed by atoms with E-state index in [1.807, 2.05) is 0 Å². The van der Waals surface area contributed by atoms with Crippen LogP contribution in [0, 0.1) is 45.3 Å². The average Bonchev–Trinajstić information content (AvgIpc) is 3.54. The fourth-order valence-corrected chi connectivity index (χ4v) is 13.6. The van der Waals surface area contributed by atoms with Crippen molar-refractivity contribution in [1.29, 1.82) is 0 Å². The van der Waals surface area contributed by atoms with Gasteiger partial charge in [-0.2, -0.15) is 0 Å². The van der Waals surface area contributed by atoms with Gasteiger partial charge in [-0.25, -0.2) is 0 Å². The number of quaternary nitrogens is 1. The summed E-state index contributed by atoms with van der Waals surface area (Å²) < 4.78 is 12.4. The van der Waals surface area contributed by atoms with Crippen molar-refractivity contribution in [3.63, 3.8) is 0 Å². The van der Waals surface area contributed by atoms with Crippen LogP contribution in [0.2, 0.25) is 0 Å². The van der Waals surface area contributed by atoms with E-state index >= 15 is 0 Å². The minimum Gasteiger partial charge on any atom is -0.392 e. The zero-order chi connectivity index (χ0) is 31.1. The van der Waals surface area contributed by atoms with Gasteiger partial charge in [0.1, 0.15) is 30.5 Å². The molecular formula is C34H58NO8+. The van der Waals surface area contributed by atoms with Crippen LogP contribution in [0.25, 0.3) is 0 Å². The summed E-state index contributed by atoms with van der Waals surface area (Å²) in [6, 6.07) is 0.334. The van der Waals surface area contributed by atoms with Gasteiger partial charge in [0.25, 0.3) is 0 Å². The van der Waals surface area contributed by atoms with E-state index in [0.29, 0.717) is 23.8 Å². The van der Waals surface area contributed by atoms with Crippen LogP contribution in [0.3, 0.4) is 0 Å². The zero-order valence-corrected chi connectivity index (χ0v) is 27.1. The highest BCUT2D eigenvalue weighted by atomic mass is 16.7. The van der Waals surface area contributed by atoms with Crippen molar-refractivity contribution < 1.29 is 45.4 Å². The van der Waals surface area contributed by atoms with Gasteiger partial charge in [0.2, 0.25) is 0 Å². The summed E-state index contributed by atoms with van der Waals surface area (Å²) in [6.07, 6.45) is 2.86. The first-order valence-corrected chi connectivity index (χ1v) is 17.2. The lowest BCUT2D eigenvalue weighted by molar-refractivity contribution is -0.746. The van der Waals surface area contributed by atoms with Crippen LogP contribution < -0.4 is 5.32 Å². The van der Waals surface area contributed by atoms with Crippen molar-refractivity contribution in [2.45, 2.75) is 159 Å². The molecule has 0 amide bonds. The highest BCUT2D eigenvalue weighted by molar-refractivity contribution is 5.33. The van der Waals surface area contributed by atoms with E-state index in [4.69, 9.17) is 9.47 Å². The fraction of sp³-hybridized carbons (Fsp3) is 1.00. The highest BCUT2D eigenvalue weighted by Crippen LogP contribution is 2.88. The number of aliphatic hydroxyl groups is 6. The first kappa shape index (κ1) is 31.3. The zero-order valence-electron chi connectivity index (χ0n) is 27.1. The second-order valence-electron chi connectivity index (χ2n) is 17.7. The van der Waals surface area contributed by atoms with Crippen molar-refractivity contribution >= 4 is 0 Å². The van der Waals surface area contributed by atoms with Crippen LogP contribution in [0.1, 0.15) is 99.3 Å². The van der Waals surface area contributed by atoms with Crippen LogP contribution in [0.5, 0.6) is 0 Å². The molecule has 9 heteroatoms. The Labute approximate surface area is 256 Å². The molecule has 2 heterocycles. The van der Waals surface area contributed by atoms with Crippen LogP contribution in [-0.4, -0.2) is 97.3 Å². The molecule has 9 nitrogen and oxygen atoms in total. The van der Waals surface area contributed by atoms with Gasteiger partial charge in [-0.05, 0) is 99.7 Å². The number of rotatable bonds is 4. The number of aliphatic hydroxyl groups excluding tert-OH is 5. The molecule has 17 atom stereocenters. The molecule has 4 unspecified atom stereocenters. The summed E-state index contributed by atoms with van der Waals surface area (Å²) in [7, 11) is 0. The molecule has 0 aromatic carbocycles. The van der Waals surface area contributed by atoms with Gasteiger partial charge >= 0.3 is 0 Å². The minimum atomic E-state index is -1.30. The normalized spacial score (nSPS) is 60.1. The quantitative estimate of drug-likeness (QED) is 0.250. The Bertz CT molecular complexity index is 1120. The Balaban J connectivity index is 1.17. The van der Waals surface area contributed by atoms with E-state index in [9.17, 15) is 30.6 Å². The van der Waals surface area contributed by atoms with E-state index in [2.05, 4.69) is 33.0 Å². The SMILES string of the molecule is CC1CC([C@H](O)C(C)(C)O)[NH2+]C2C[C@@]3(C)[C@@H]4CC[C@H]5[C@]6(CCC[C@]5(C)O[C@H]5OC[C@@H](O)[C@H](O)[C@H]5O)C[C@@]46[C@@H](O)C[C@@]3(C)C12. The first-order chi connectivity index (χ1) is 20.0. The molecule has 2 saturated heterocycles. The van der Waals surface area contributed by atoms with E-state index in [1.54, 1.807) is 13.8 Å². The highest BCUT2D eigenvalue weighted by Gasteiger charge is 2.86. The average molecular weight is 609 g/mol. The fourth-order valence-electron chi connectivity index (χ4n) is 13.6. The maximum atomic E-state index is 12.3. The molecule has 43 heavy (non-hydrogen) atoms. The molecule has 0 bridgehead atoms. The summed E-state index contributed by atoms with van der Waals surface area (Å²) in [5, 5.41) is 67.4. The van der Waals surface area contributed by atoms with E-state index in [0.717, 1.165) is 57.8 Å².